The molecule has 0 bridgehead atoms. The van der Waals surface area contributed by atoms with Crippen molar-refractivity contribution in [1.82, 2.24) is 0 Å². The molecule has 1 aromatic rings. The fraction of sp³-hybridized carbons (Fsp3) is 0.400. The van der Waals surface area contributed by atoms with E-state index < -0.39 is 6.10 Å². The van der Waals surface area contributed by atoms with Crippen LogP contribution in [0, 0.1) is 5.82 Å². The normalized spacial score (nSPS) is 12.6. The van der Waals surface area contributed by atoms with Gasteiger partial charge in [-0.3, -0.25) is 0 Å². The van der Waals surface area contributed by atoms with Crippen LogP contribution in [0.2, 0.25) is 0 Å². The summed E-state index contributed by atoms with van der Waals surface area (Å²) in [6, 6.07) is 4.62. The number of hydrogen-bond donors (Lipinski definition) is 2. The highest BCUT2D eigenvalue weighted by molar-refractivity contribution is 5.48. The summed E-state index contributed by atoms with van der Waals surface area (Å²) in [6.45, 7) is 0.0980. The summed E-state index contributed by atoms with van der Waals surface area (Å²) >= 11 is 0. The molecule has 14 heavy (non-hydrogen) atoms. The van der Waals surface area contributed by atoms with Crippen molar-refractivity contribution in [2.75, 3.05) is 25.5 Å². The summed E-state index contributed by atoms with van der Waals surface area (Å²) < 4.78 is 13.4. The minimum absolute atomic E-state index is 0.0980. The average Bonchev–Trinajstić information content (AvgIpc) is 2.15. The number of benzene rings is 1. The Kier molecular flexibility index (Phi) is 3.43. The summed E-state index contributed by atoms with van der Waals surface area (Å²) in [5.74, 6) is -0.347. The zero-order valence-electron chi connectivity index (χ0n) is 8.37. The first-order valence-electron chi connectivity index (χ1n) is 4.41. The predicted molar refractivity (Wildman–Crippen MR) is 54.7 cm³/mol. The van der Waals surface area contributed by atoms with E-state index in [0.29, 0.717) is 11.3 Å². The average molecular weight is 198 g/mol. The van der Waals surface area contributed by atoms with E-state index in [4.69, 9.17) is 5.73 Å². The van der Waals surface area contributed by atoms with Crippen molar-refractivity contribution in [2.24, 2.45) is 5.73 Å². The highest BCUT2D eigenvalue weighted by atomic mass is 19.1. The van der Waals surface area contributed by atoms with Gasteiger partial charge in [-0.15, -0.1) is 0 Å². The Morgan fingerprint density at radius 2 is 2.14 bits per heavy atom. The molecule has 3 N–H and O–H groups in total. The summed E-state index contributed by atoms with van der Waals surface area (Å²) in [5, 5.41) is 9.38. The molecular formula is C10H15FN2O. The van der Waals surface area contributed by atoms with E-state index in [1.54, 1.807) is 31.1 Å². The first kappa shape index (κ1) is 10.9. The van der Waals surface area contributed by atoms with E-state index in [1.807, 2.05) is 0 Å². The SMILES string of the molecule is CN(C)c1ccc(C(O)CN)cc1F. The monoisotopic (exact) mass is 198 g/mol. The predicted octanol–water partition coefficient (Wildman–Crippen LogP) is 0.884. The highest BCUT2D eigenvalue weighted by Gasteiger charge is 2.09. The van der Waals surface area contributed by atoms with Crippen LogP contribution in [-0.4, -0.2) is 25.7 Å². The third kappa shape index (κ3) is 2.21. The molecule has 0 aliphatic carbocycles. The van der Waals surface area contributed by atoms with Crippen LogP contribution in [0.25, 0.3) is 0 Å². The van der Waals surface area contributed by atoms with Gasteiger partial charge in [0.05, 0.1) is 11.8 Å². The molecule has 1 atom stereocenters. The molecule has 4 heteroatoms. The Balaban J connectivity index is 3.00. The smallest absolute Gasteiger partial charge is 0.146 e. The Labute approximate surface area is 83.0 Å². The van der Waals surface area contributed by atoms with Gasteiger partial charge in [-0.2, -0.15) is 0 Å². The van der Waals surface area contributed by atoms with Gasteiger partial charge in [-0.05, 0) is 17.7 Å². The fourth-order valence-corrected chi connectivity index (χ4v) is 1.23. The third-order valence-corrected chi connectivity index (χ3v) is 2.06. The lowest BCUT2D eigenvalue weighted by molar-refractivity contribution is 0.186. The first-order valence-corrected chi connectivity index (χ1v) is 4.41. The maximum Gasteiger partial charge on any atom is 0.146 e. The van der Waals surface area contributed by atoms with Gasteiger partial charge in [0.25, 0.3) is 0 Å². The maximum absolute atomic E-state index is 13.4. The van der Waals surface area contributed by atoms with E-state index in [1.165, 1.54) is 6.07 Å². The van der Waals surface area contributed by atoms with Gasteiger partial charge in [-0.1, -0.05) is 6.07 Å². The molecule has 1 rings (SSSR count). The third-order valence-electron chi connectivity index (χ3n) is 2.06. The van der Waals surface area contributed by atoms with E-state index in [-0.39, 0.29) is 12.4 Å². The van der Waals surface area contributed by atoms with Crippen LogP contribution in [0.1, 0.15) is 11.7 Å². The number of nitrogens with two attached hydrogens (primary N) is 1. The van der Waals surface area contributed by atoms with Crippen molar-refractivity contribution in [3.63, 3.8) is 0 Å². The van der Waals surface area contributed by atoms with Gasteiger partial charge in [0, 0.05) is 20.6 Å². The van der Waals surface area contributed by atoms with Crippen LogP contribution in [0.15, 0.2) is 18.2 Å². The minimum Gasteiger partial charge on any atom is -0.387 e. The number of anilines is 1. The second kappa shape index (κ2) is 4.39. The Hall–Kier alpha value is -1.13. The van der Waals surface area contributed by atoms with Gasteiger partial charge in [0.1, 0.15) is 5.82 Å². The summed E-state index contributed by atoms with van der Waals surface area (Å²) in [4.78, 5) is 1.67. The topological polar surface area (TPSA) is 49.5 Å². The molecule has 3 nitrogen and oxygen atoms in total. The molecular weight excluding hydrogens is 183 g/mol. The van der Waals surface area contributed by atoms with Gasteiger partial charge in [-0.25, -0.2) is 4.39 Å². The van der Waals surface area contributed by atoms with Crippen molar-refractivity contribution in [2.45, 2.75) is 6.10 Å². The number of hydrogen-bond acceptors (Lipinski definition) is 3. The highest BCUT2D eigenvalue weighted by Crippen LogP contribution is 2.21. The molecule has 0 saturated heterocycles. The van der Waals surface area contributed by atoms with E-state index >= 15 is 0 Å². The zero-order chi connectivity index (χ0) is 10.7. The van der Waals surface area contributed by atoms with Gasteiger partial charge < -0.3 is 15.7 Å². The minimum atomic E-state index is -0.791. The van der Waals surface area contributed by atoms with Crippen LogP contribution in [0.4, 0.5) is 10.1 Å². The largest absolute Gasteiger partial charge is 0.387 e. The Morgan fingerprint density at radius 1 is 1.50 bits per heavy atom. The molecule has 0 aromatic heterocycles. The maximum atomic E-state index is 13.4. The molecule has 0 radical (unpaired) electrons. The van der Waals surface area contributed by atoms with Crippen LogP contribution < -0.4 is 10.6 Å². The Morgan fingerprint density at radius 3 is 2.57 bits per heavy atom. The number of aliphatic hydroxyl groups excluding tert-OH is 1. The van der Waals surface area contributed by atoms with E-state index in [0.717, 1.165) is 0 Å². The van der Waals surface area contributed by atoms with Crippen molar-refractivity contribution >= 4 is 5.69 Å². The molecule has 0 amide bonds. The van der Waals surface area contributed by atoms with Crippen LogP contribution >= 0.6 is 0 Å². The molecule has 1 unspecified atom stereocenters. The number of aliphatic hydroxyl groups is 1. The van der Waals surface area contributed by atoms with E-state index in [9.17, 15) is 9.50 Å². The quantitative estimate of drug-likeness (QED) is 0.758. The molecule has 0 aliphatic rings. The lowest BCUT2D eigenvalue weighted by Gasteiger charge is -2.15. The van der Waals surface area contributed by atoms with Gasteiger partial charge >= 0.3 is 0 Å². The molecule has 0 aliphatic heterocycles. The van der Waals surface area contributed by atoms with E-state index in [2.05, 4.69) is 0 Å². The van der Waals surface area contributed by atoms with Crippen molar-refractivity contribution in [3.8, 4) is 0 Å². The second-order valence-corrected chi connectivity index (χ2v) is 3.36. The molecule has 1 aromatic carbocycles. The van der Waals surface area contributed by atoms with Crippen molar-refractivity contribution < 1.29 is 9.50 Å². The number of halogens is 1. The lowest BCUT2D eigenvalue weighted by atomic mass is 10.1. The van der Waals surface area contributed by atoms with Crippen molar-refractivity contribution in [1.29, 1.82) is 0 Å². The van der Waals surface area contributed by atoms with Gasteiger partial charge in [0.2, 0.25) is 0 Å². The lowest BCUT2D eigenvalue weighted by Crippen LogP contribution is -2.14. The second-order valence-electron chi connectivity index (χ2n) is 3.36. The molecule has 0 spiro atoms. The summed E-state index contributed by atoms with van der Waals surface area (Å²) in [7, 11) is 3.52. The summed E-state index contributed by atoms with van der Waals surface area (Å²) in [6.07, 6.45) is -0.791. The molecule has 78 valence electrons. The zero-order valence-corrected chi connectivity index (χ0v) is 8.37. The number of rotatable bonds is 3. The molecule has 0 fully saturated rings. The first-order chi connectivity index (χ1) is 6.56. The Bertz CT molecular complexity index is 315. The van der Waals surface area contributed by atoms with Crippen molar-refractivity contribution in [3.05, 3.63) is 29.6 Å². The van der Waals surface area contributed by atoms with Crippen LogP contribution in [0.5, 0.6) is 0 Å². The van der Waals surface area contributed by atoms with Crippen LogP contribution in [0.3, 0.4) is 0 Å². The van der Waals surface area contributed by atoms with Crippen LogP contribution in [-0.2, 0) is 0 Å². The molecule has 0 saturated carbocycles. The summed E-state index contributed by atoms with van der Waals surface area (Å²) in [5.41, 5.74) is 6.28. The van der Waals surface area contributed by atoms with Gasteiger partial charge in [0.15, 0.2) is 0 Å². The molecule has 0 heterocycles. The fourth-order valence-electron chi connectivity index (χ4n) is 1.23. The standard InChI is InChI=1S/C10H15FN2O/c1-13(2)9-4-3-7(5-8(9)11)10(14)6-12/h3-5,10,14H,6,12H2,1-2H3. The number of nitrogens with zero attached hydrogens (tertiary/aromatic N) is 1.